The topological polar surface area (TPSA) is 75.6 Å². The Kier molecular flexibility index (Phi) is 10.3. The molecule has 18 heavy (non-hydrogen) atoms. The van der Waals surface area contributed by atoms with Crippen LogP contribution in [0.15, 0.2) is 0 Å². The van der Waals surface area contributed by atoms with E-state index in [0.29, 0.717) is 52.9 Å². The highest BCUT2D eigenvalue weighted by Crippen LogP contribution is 1.97. The fourth-order valence-electron chi connectivity index (χ4n) is 1.31. The van der Waals surface area contributed by atoms with E-state index in [4.69, 9.17) is 33.5 Å². The fourth-order valence-corrected chi connectivity index (χ4v) is 1.31. The summed E-state index contributed by atoms with van der Waals surface area (Å²) in [4.78, 5) is 0. The maximum atomic E-state index is 8.70. The summed E-state index contributed by atoms with van der Waals surface area (Å²) in [5.41, 5.74) is 0. The molecule has 1 aliphatic rings. The summed E-state index contributed by atoms with van der Waals surface area (Å²) < 4.78 is 31.5. The molecule has 108 valence electrons. The summed E-state index contributed by atoms with van der Waals surface area (Å²) in [6, 6.07) is 0. The van der Waals surface area contributed by atoms with E-state index < -0.39 is 13.1 Å². The average molecular weight is 266 g/mol. The van der Waals surface area contributed by atoms with Crippen LogP contribution in [0.4, 0.5) is 0 Å². The molecule has 0 spiro atoms. The first kappa shape index (κ1) is 15.8. The molecule has 0 aromatic heterocycles. The molecule has 7 heteroatoms. The van der Waals surface area contributed by atoms with Gasteiger partial charge < -0.3 is 33.5 Å². The minimum Gasteiger partial charge on any atom is -0.377 e. The second-order valence-electron chi connectivity index (χ2n) is 3.51. The zero-order valence-corrected chi connectivity index (χ0v) is 10.5. The van der Waals surface area contributed by atoms with Crippen molar-refractivity contribution in [2.75, 3.05) is 66.3 Å². The molecule has 0 amide bonds. The third kappa shape index (κ3) is 8.76. The second-order valence-corrected chi connectivity index (χ2v) is 3.51. The molecule has 1 N–H and O–H groups in total. The quantitative estimate of drug-likeness (QED) is 0.667. The lowest BCUT2D eigenvalue weighted by molar-refractivity contribution is -0.209. The number of hydrogen-bond donors (Lipinski definition) is 1. The molecule has 0 saturated carbocycles. The molecule has 0 bridgehead atoms. The summed E-state index contributed by atoms with van der Waals surface area (Å²) in [5, 5.41) is 8.70. The summed E-state index contributed by atoms with van der Waals surface area (Å²) in [7, 11) is 0. The molecule has 0 aliphatic carbocycles. The summed E-state index contributed by atoms with van der Waals surface area (Å²) in [6.07, 6.45) is -0.583. The largest absolute Gasteiger partial charge is 0.377 e. The normalized spacial score (nSPS) is 26.2. The second kappa shape index (κ2) is 11.8. The SMILES string of the molecule is OCOC1COCCOCCOCCOCCO1. The van der Waals surface area contributed by atoms with Gasteiger partial charge in [0.05, 0.1) is 59.5 Å². The Bertz CT molecular complexity index is 163. The van der Waals surface area contributed by atoms with E-state index in [9.17, 15) is 0 Å². The highest BCUT2D eigenvalue weighted by Gasteiger charge is 2.09. The van der Waals surface area contributed by atoms with Crippen molar-refractivity contribution in [2.24, 2.45) is 0 Å². The highest BCUT2D eigenvalue weighted by molar-refractivity contribution is 4.43. The maximum absolute atomic E-state index is 8.70. The molecule has 7 nitrogen and oxygen atoms in total. The van der Waals surface area contributed by atoms with Crippen molar-refractivity contribution in [2.45, 2.75) is 6.29 Å². The Morgan fingerprint density at radius 3 is 1.83 bits per heavy atom. The fraction of sp³-hybridized carbons (Fsp3) is 1.00. The van der Waals surface area contributed by atoms with Crippen LogP contribution in [0.5, 0.6) is 0 Å². The number of rotatable bonds is 2. The molecule has 0 radical (unpaired) electrons. The van der Waals surface area contributed by atoms with E-state index in [2.05, 4.69) is 0 Å². The van der Waals surface area contributed by atoms with Crippen molar-refractivity contribution in [3.63, 3.8) is 0 Å². The molecule has 1 atom stereocenters. The highest BCUT2D eigenvalue weighted by atomic mass is 16.7. The van der Waals surface area contributed by atoms with Gasteiger partial charge in [-0.25, -0.2) is 0 Å². The molecule has 1 fully saturated rings. The first-order valence-electron chi connectivity index (χ1n) is 6.08. The van der Waals surface area contributed by atoms with Gasteiger partial charge in [0.15, 0.2) is 6.29 Å². The Morgan fingerprint density at radius 1 is 0.778 bits per heavy atom. The first-order chi connectivity index (χ1) is 8.93. The minimum absolute atomic E-state index is 0.250. The van der Waals surface area contributed by atoms with Gasteiger partial charge in [0.25, 0.3) is 0 Å². The maximum Gasteiger partial charge on any atom is 0.183 e. The minimum atomic E-state index is -0.583. The lowest BCUT2D eigenvalue weighted by Crippen LogP contribution is -2.26. The molecule has 1 rings (SSSR count). The van der Waals surface area contributed by atoms with Gasteiger partial charge >= 0.3 is 0 Å². The molecular formula is C11H22O7. The molecule has 1 unspecified atom stereocenters. The van der Waals surface area contributed by atoms with Gasteiger partial charge in [-0.15, -0.1) is 0 Å². The zero-order chi connectivity index (χ0) is 12.9. The van der Waals surface area contributed by atoms with Gasteiger partial charge in [-0.3, -0.25) is 0 Å². The number of aliphatic hydroxyl groups is 1. The van der Waals surface area contributed by atoms with Crippen LogP contribution in [-0.4, -0.2) is 77.7 Å². The van der Waals surface area contributed by atoms with Gasteiger partial charge in [0.2, 0.25) is 0 Å². The van der Waals surface area contributed by atoms with Crippen molar-refractivity contribution >= 4 is 0 Å². The Balaban J connectivity index is 2.20. The van der Waals surface area contributed by atoms with E-state index in [1.165, 1.54) is 0 Å². The summed E-state index contributed by atoms with van der Waals surface area (Å²) in [6.45, 7) is 3.76. The summed E-state index contributed by atoms with van der Waals surface area (Å²) >= 11 is 0. The molecule has 1 aliphatic heterocycles. The van der Waals surface area contributed by atoms with E-state index >= 15 is 0 Å². The van der Waals surface area contributed by atoms with Crippen LogP contribution in [0.3, 0.4) is 0 Å². The molecule has 1 saturated heterocycles. The Labute approximate surface area is 107 Å². The van der Waals surface area contributed by atoms with Crippen molar-refractivity contribution in [1.29, 1.82) is 0 Å². The molecule has 1 heterocycles. The first-order valence-corrected chi connectivity index (χ1v) is 6.08. The smallest absolute Gasteiger partial charge is 0.183 e. The van der Waals surface area contributed by atoms with Gasteiger partial charge in [-0.05, 0) is 0 Å². The predicted molar refractivity (Wildman–Crippen MR) is 61.2 cm³/mol. The van der Waals surface area contributed by atoms with E-state index in [1.807, 2.05) is 0 Å². The van der Waals surface area contributed by atoms with Crippen LogP contribution in [0.25, 0.3) is 0 Å². The number of ether oxygens (including phenoxy) is 6. The van der Waals surface area contributed by atoms with E-state index in [-0.39, 0.29) is 6.61 Å². The van der Waals surface area contributed by atoms with Crippen LogP contribution >= 0.6 is 0 Å². The van der Waals surface area contributed by atoms with Crippen molar-refractivity contribution in [3.05, 3.63) is 0 Å². The van der Waals surface area contributed by atoms with E-state index in [0.717, 1.165) is 0 Å². The molecular weight excluding hydrogens is 244 g/mol. The Hall–Kier alpha value is -0.280. The number of hydrogen-bond acceptors (Lipinski definition) is 7. The van der Waals surface area contributed by atoms with Crippen molar-refractivity contribution < 1.29 is 33.5 Å². The summed E-state index contributed by atoms with van der Waals surface area (Å²) in [5.74, 6) is 0. The van der Waals surface area contributed by atoms with Crippen LogP contribution < -0.4 is 0 Å². The molecule has 0 aromatic rings. The van der Waals surface area contributed by atoms with Crippen molar-refractivity contribution in [3.8, 4) is 0 Å². The van der Waals surface area contributed by atoms with Gasteiger partial charge in [-0.2, -0.15) is 0 Å². The third-order valence-corrected chi connectivity index (χ3v) is 2.16. The average Bonchev–Trinajstić information content (AvgIpc) is 2.39. The van der Waals surface area contributed by atoms with Crippen LogP contribution in [0, 0.1) is 0 Å². The van der Waals surface area contributed by atoms with Crippen LogP contribution in [-0.2, 0) is 28.4 Å². The monoisotopic (exact) mass is 266 g/mol. The van der Waals surface area contributed by atoms with Crippen LogP contribution in [0.2, 0.25) is 0 Å². The molecule has 0 aromatic carbocycles. The van der Waals surface area contributed by atoms with Crippen LogP contribution in [0.1, 0.15) is 0 Å². The van der Waals surface area contributed by atoms with Gasteiger partial charge in [-0.1, -0.05) is 0 Å². The lowest BCUT2D eigenvalue weighted by atomic mass is 10.6. The Morgan fingerprint density at radius 2 is 1.28 bits per heavy atom. The van der Waals surface area contributed by atoms with E-state index in [1.54, 1.807) is 0 Å². The van der Waals surface area contributed by atoms with Gasteiger partial charge in [0.1, 0.15) is 6.79 Å². The number of aliphatic hydroxyl groups excluding tert-OH is 1. The third-order valence-electron chi connectivity index (χ3n) is 2.16. The predicted octanol–water partition coefficient (Wildman–Crippen LogP) is -0.624. The standard InChI is InChI=1S/C11H22O7/c12-10-18-11-9-16-6-5-14-2-1-13-3-4-15-7-8-17-11/h11-12H,1-10H2. The van der Waals surface area contributed by atoms with Gasteiger partial charge in [0, 0.05) is 0 Å². The lowest BCUT2D eigenvalue weighted by Gasteiger charge is -2.17. The zero-order valence-electron chi connectivity index (χ0n) is 10.5. The van der Waals surface area contributed by atoms with Crippen molar-refractivity contribution in [1.82, 2.24) is 0 Å².